The van der Waals surface area contributed by atoms with Crippen LogP contribution in [0.15, 0.2) is 24.4 Å². The van der Waals surface area contributed by atoms with Gasteiger partial charge in [0.25, 0.3) is 0 Å². The summed E-state index contributed by atoms with van der Waals surface area (Å²) in [5.74, 6) is 1.12. The van der Waals surface area contributed by atoms with Crippen molar-refractivity contribution in [3.63, 3.8) is 0 Å². The molecule has 2 unspecified atom stereocenters. The Balaban J connectivity index is 3.91. The summed E-state index contributed by atoms with van der Waals surface area (Å²) in [7, 11) is 1.92. The summed E-state index contributed by atoms with van der Waals surface area (Å²) in [6.07, 6.45) is 1.13. The van der Waals surface area contributed by atoms with Gasteiger partial charge in [0, 0.05) is 12.7 Å². The van der Waals surface area contributed by atoms with E-state index in [-0.39, 0.29) is 0 Å². The zero-order chi connectivity index (χ0) is 9.72. The summed E-state index contributed by atoms with van der Waals surface area (Å²) in [4.78, 5) is 0. The van der Waals surface area contributed by atoms with E-state index in [1.165, 1.54) is 5.57 Å². The molecule has 12 heavy (non-hydrogen) atoms. The van der Waals surface area contributed by atoms with E-state index in [0.717, 1.165) is 12.1 Å². The third-order valence-electron chi connectivity index (χ3n) is 2.46. The molecule has 0 saturated heterocycles. The van der Waals surface area contributed by atoms with Crippen molar-refractivity contribution >= 4 is 0 Å². The summed E-state index contributed by atoms with van der Waals surface area (Å²) >= 11 is 0. The predicted molar refractivity (Wildman–Crippen MR) is 56.0 cm³/mol. The monoisotopic (exact) mass is 167 g/mol. The molecule has 1 heteroatoms. The fraction of sp³-hybridized carbons (Fsp3) is 0.636. The highest BCUT2D eigenvalue weighted by atomic mass is 14.8. The van der Waals surface area contributed by atoms with Crippen LogP contribution < -0.4 is 5.32 Å². The maximum atomic E-state index is 3.94. The third-order valence-corrected chi connectivity index (χ3v) is 2.46. The molecule has 0 aliphatic carbocycles. The molecular weight excluding hydrogens is 146 g/mol. The summed E-state index contributed by atoms with van der Waals surface area (Å²) in [5, 5.41) is 3.08. The van der Waals surface area contributed by atoms with Gasteiger partial charge in [-0.3, -0.25) is 0 Å². The molecule has 0 rings (SSSR count). The van der Waals surface area contributed by atoms with Crippen LogP contribution in [0.4, 0.5) is 0 Å². The standard InChI is InChI=1S/C11H21N/c1-8(2)9(3)7-10(4)11(5)12-6/h9-10,12H,1,5,7H2,2-4,6H3. The molecule has 0 heterocycles. The number of hydrogen-bond donors (Lipinski definition) is 1. The lowest BCUT2D eigenvalue weighted by Crippen LogP contribution is -2.15. The zero-order valence-electron chi connectivity index (χ0n) is 8.78. The van der Waals surface area contributed by atoms with E-state index < -0.39 is 0 Å². The summed E-state index contributed by atoms with van der Waals surface area (Å²) in [6.45, 7) is 14.4. The second-order valence-electron chi connectivity index (χ2n) is 3.66. The Morgan fingerprint density at radius 2 is 1.75 bits per heavy atom. The molecule has 2 atom stereocenters. The molecule has 1 nitrogen and oxygen atoms in total. The Morgan fingerprint density at radius 3 is 2.08 bits per heavy atom. The van der Waals surface area contributed by atoms with Crippen LogP contribution in [0.1, 0.15) is 27.2 Å². The maximum absolute atomic E-state index is 3.94. The van der Waals surface area contributed by atoms with Crippen LogP contribution in [-0.2, 0) is 0 Å². The van der Waals surface area contributed by atoms with Gasteiger partial charge in [-0.25, -0.2) is 0 Å². The van der Waals surface area contributed by atoms with Crippen LogP contribution in [0, 0.1) is 11.8 Å². The van der Waals surface area contributed by atoms with E-state index in [4.69, 9.17) is 0 Å². The van der Waals surface area contributed by atoms with Gasteiger partial charge in [-0.15, -0.1) is 0 Å². The van der Waals surface area contributed by atoms with E-state index in [2.05, 4.69) is 39.2 Å². The van der Waals surface area contributed by atoms with Crippen molar-refractivity contribution in [2.75, 3.05) is 7.05 Å². The van der Waals surface area contributed by atoms with Gasteiger partial charge in [-0.2, -0.15) is 0 Å². The molecule has 0 saturated carbocycles. The Labute approximate surface area is 76.6 Å². The summed E-state index contributed by atoms with van der Waals surface area (Å²) in [6, 6.07) is 0. The molecular formula is C11H21N. The molecule has 0 aromatic carbocycles. The average molecular weight is 167 g/mol. The topological polar surface area (TPSA) is 12.0 Å². The van der Waals surface area contributed by atoms with Gasteiger partial charge in [0.05, 0.1) is 0 Å². The third kappa shape index (κ3) is 3.61. The highest BCUT2D eigenvalue weighted by molar-refractivity contribution is 5.00. The minimum atomic E-state index is 0.529. The van der Waals surface area contributed by atoms with Crippen LogP contribution in [-0.4, -0.2) is 7.05 Å². The van der Waals surface area contributed by atoms with Crippen LogP contribution >= 0.6 is 0 Å². The summed E-state index contributed by atoms with van der Waals surface area (Å²) < 4.78 is 0. The largest absolute Gasteiger partial charge is 0.392 e. The average Bonchev–Trinajstić information content (AvgIpc) is 2.02. The SMILES string of the molecule is C=C(C)C(C)CC(C)C(=C)NC. The second kappa shape index (κ2) is 5.02. The first-order chi connectivity index (χ1) is 5.49. The highest BCUT2D eigenvalue weighted by Gasteiger charge is 2.10. The minimum Gasteiger partial charge on any atom is -0.392 e. The first kappa shape index (κ1) is 11.3. The molecule has 0 amide bonds. The van der Waals surface area contributed by atoms with E-state index in [9.17, 15) is 0 Å². The van der Waals surface area contributed by atoms with Crippen molar-refractivity contribution in [1.82, 2.24) is 5.32 Å². The lowest BCUT2D eigenvalue weighted by molar-refractivity contribution is 0.489. The smallest absolute Gasteiger partial charge is 0.00600 e. The molecule has 0 spiro atoms. The molecule has 1 N–H and O–H groups in total. The van der Waals surface area contributed by atoms with Crippen molar-refractivity contribution in [2.45, 2.75) is 27.2 Å². The van der Waals surface area contributed by atoms with Gasteiger partial charge < -0.3 is 5.32 Å². The quantitative estimate of drug-likeness (QED) is 0.621. The molecule has 0 fully saturated rings. The fourth-order valence-corrected chi connectivity index (χ4v) is 1.12. The Bertz CT molecular complexity index is 170. The summed E-state index contributed by atoms with van der Waals surface area (Å²) in [5.41, 5.74) is 2.37. The van der Waals surface area contributed by atoms with E-state index >= 15 is 0 Å². The Kier molecular flexibility index (Phi) is 4.72. The fourth-order valence-electron chi connectivity index (χ4n) is 1.12. The first-order valence-corrected chi connectivity index (χ1v) is 4.51. The van der Waals surface area contributed by atoms with Crippen molar-refractivity contribution in [3.8, 4) is 0 Å². The predicted octanol–water partition coefficient (Wildman–Crippen LogP) is 2.96. The number of allylic oxidation sites excluding steroid dienone is 2. The van der Waals surface area contributed by atoms with Crippen molar-refractivity contribution < 1.29 is 0 Å². The molecule has 0 aliphatic heterocycles. The molecule has 0 aromatic rings. The van der Waals surface area contributed by atoms with Crippen molar-refractivity contribution in [2.24, 2.45) is 11.8 Å². The highest BCUT2D eigenvalue weighted by Crippen LogP contribution is 2.21. The number of rotatable bonds is 5. The van der Waals surface area contributed by atoms with Crippen LogP contribution in [0.3, 0.4) is 0 Å². The molecule has 70 valence electrons. The van der Waals surface area contributed by atoms with Crippen LogP contribution in [0.2, 0.25) is 0 Å². The van der Waals surface area contributed by atoms with E-state index in [1.54, 1.807) is 0 Å². The lowest BCUT2D eigenvalue weighted by atomic mass is 9.91. The number of nitrogens with one attached hydrogen (secondary N) is 1. The van der Waals surface area contributed by atoms with E-state index in [0.29, 0.717) is 11.8 Å². The lowest BCUT2D eigenvalue weighted by Gasteiger charge is -2.19. The Hall–Kier alpha value is -0.720. The first-order valence-electron chi connectivity index (χ1n) is 4.51. The molecule has 0 aromatic heterocycles. The van der Waals surface area contributed by atoms with Crippen molar-refractivity contribution in [1.29, 1.82) is 0 Å². The van der Waals surface area contributed by atoms with Gasteiger partial charge in [-0.1, -0.05) is 32.6 Å². The maximum Gasteiger partial charge on any atom is 0.00600 e. The molecule has 0 aliphatic rings. The van der Waals surface area contributed by atoms with Crippen LogP contribution in [0.5, 0.6) is 0 Å². The molecule has 0 bridgehead atoms. The molecule has 0 radical (unpaired) electrons. The van der Waals surface area contributed by atoms with E-state index in [1.807, 2.05) is 7.05 Å². The van der Waals surface area contributed by atoms with Crippen LogP contribution in [0.25, 0.3) is 0 Å². The van der Waals surface area contributed by atoms with Gasteiger partial charge in [0.1, 0.15) is 0 Å². The minimum absolute atomic E-state index is 0.529. The van der Waals surface area contributed by atoms with Crippen molar-refractivity contribution in [3.05, 3.63) is 24.4 Å². The van der Waals surface area contributed by atoms with Gasteiger partial charge >= 0.3 is 0 Å². The Morgan fingerprint density at radius 1 is 1.25 bits per heavy atom. The van der Waals surface area contributed by atoms with Gasteiger partial charge in [0.15, 0.2) is 0 Å². The second-order valence-corrected chi connectivity index (χ2v) is 3.66. The zero-order valence-corrected chi connectivity index (χ0v) is 8.78. The van der Waals surface area contributed by atoms with Gasteiger partial charge in [-0.05, 0) is 25.2 Å². The number of hydrogen-bond acceptors (Lipinski definition) is 1. The van der Waals surface area contributed by atoms with Gasteiger partial charge in [0.2, 0.25) is 0 Å². The normalized spacial score (nSPS) is 15.0.